The lowest BCUT2D eigenvalue weighted by Gasteiger charge is -2.13. The fourth-order valence-electron chi connectivity index (χ4n) is 2.03. The van der Waals surface area contributed by atoms with E-state index in [1.807, 2.05) is 0 Å². The van der Waals surface area contributed by atoms with Crippen molar-refractivity contribution < 1.29 is 9.59 Å². The summed E-state index contributed by atoms with van der Waals surface area (Å²) in [5, 5.41) is 7.10. The fourth-order valence-corrected chi connectivity index (χ4v) is 2.03. The predicted octanol–water partition coefficient (Wildman–Crippen LogP) is 1.81. The Morgan fingerprint density at radius 1 is 1.11 bits per heavy atom. The van der Waals surface area contributed by atoms with Crippen LogP contribution >= 0.6 is 12.4 Å². The SMILES string of the molecule is Cl.N=C(N)CCCCN1C(=O)c2ccccc2C1=O. The Kier molecular flexibility index (Phi) is 5.06. The Labute approximate surface area is 117 Å². The quantitative estimate of drug-likeness (QED) is 0.373. The van der Waals surface area contributed by atoms with Gasteiger partial charge in [0.15, 0.2) is 0 Å². The van der Waals surface area contributed by atoms with Gasteiger partial charge in [-0.3, -0.25) is 19.9 Å². The monoisotopic (exact) mass is 281 g/mol. The Morgan fingerprint density at radius 3 is 2.11 bits per heavy atom. The number of nitrogens with zero attached hydrogens (tertiary/aromatic N) is 1. The molecule has 1 heterocycles. The number of hydrogen-bond acceptors (Lipinski definition) is 3. The molecule has 0 atom stereocenters. The lowest BCUT2D eigenvalue weighted by Crippen LogP contribution is -2.30. The third-order valence-electron chi connectivity index (χ3n) is 2.96. The van der Waals surface area contributed by atoms with Gasteiger partial charge in [-0.05, 0) is 25.0 Å². The van der Waals surface area contributed by atoms with Crippen LogP contribution in [0.2, 0.25) is 0 Å². The molecule has 1 aliphatic rings. The van der Waals surface area contributed by atoms with Crippen LogP contribution in [0.15, 0.2) is 24.3 Å². The van der Waals surface area contributed by atoms with Crippen LogP contribution in [0.3, 0.4) is 0 Å². The number of amides is 2. The van der Waals surface area contributed by atoms with Crippen LogP contribution in [-0.2, 0) is 0 Å². The van der Waals surface area contributed by atoms with Crippen LogP contribution in [0.5, 0.6) is 0 Å². The molecule has 3 N–H and O–H groups in total. The smallest absolute Gasteiger partial charge is 0.261 e. The lowest BCUT2D eigenvalue weighted by atomic mass is 10.1. The second-order valence-electron chi connectivity index (χ2n) is 4.29. The first-order valence-corrected chi connectivity index (χ1v) is 5.89. The summed E-state index contributed by atoms with van der Waals surface area (Å²) in [6.45, 7) is 0.389. The van der Waals surface area contributed by atoms with E-state index in [0.717, 1.165) is 0 Å². The van der Waals surface area contributed by atoms with Gasteiger partial charge < -0.3 is 5.73 Å². The van der Waals surface area contributed by atoms with Crippen LogP contribution in [-0.4, -0.2) is 29.1 Å². The lowest BCUT2D eigenvalue weighted by molar-refractivity contribution is 0.0652. The minimum Gasteiger partial charge on any atom is -0.388 e. The van der Waals surface area contributed by atoms with Gasteiger partial charge in [-0.25, -0.2) is 0 Å². The molecule has 0 saturated heterocycles. The van der Waals surface area contributed by atoms with E-state index in [4.69, 9.17) is 11.1 Å². The van der Waals surface area contributed by atoms with Gasteiger partial charge >= 0.3 is 0 Å². The molecule has 0 aliphatic carbocycles. The van der Waals surface area contributed by atoms with Gasteiger partial charge in [0, 0.05) is 13.0 Å². The number of carbonyl (C=O) groups excluding carboxylic acids is 2. The van der Waals surface area contributed by atoms with Crippen LogP contribution in [0, 0.1) is 5.41 Å². The molecule has 1 aromatic rings. The summed E-state index contributed by atoms with van der Waals surface area (Å²) in [6.07, 6.45) is 1.89. The summed E-state index contributed by atoms with van der Waals surface area (Å²) >= 11 is 0. The summed E-state index contributed by atoms with van der Waals surface area (Å²) in [5.41, 5.74) is 6.21. The zero-order valence-electron chi connectivity index (χ0n) is 10.4. The number of unbranched alkanes of at least 4 members (excludes halogenated alkanes) is 1. The van der Waals surface area contributed by atoms with Crippen LogP contribution in [0.25, 0.3) is 0 Å². The van der Waals surface area contributed by atoms with Crippen molar-refractivity contribution in [2.45, 2.75) is 19.3 Å². The summed E-state index contributed by atoms with van der Waals surface area (Å²) < 4.78 is 0. The fraction of sp³-hybridized carbons (Fsp3) is 0.308. The van der Waals surface area contributed by atoms with E-state index in [1.54, 1.807) is 24.3 Å². The van der Waals surface area contributed by atoms with Crippen LogP contribution < -0.4 is 5.73 Å². The summed E-state index contributed by atoms with van der Waals surface area (Å²) in [6, 6.07) is 6.85. The molecule has 1 aromatic carbocycles. The highest BCUT2D eigenvalue weighted by Crippen LogP contribution is 2.22. The van der Waals surface area contributed by atoms with Gasteiger partial charge in [-0.2, -0.15) is 0 Å². The van der Waals surface area contributed by atoms with E-state index in [1.165, 1.54) is 4.90 Å². The van der Waals surface area contributed by atoms with Gasteiger partial charge in [-0.1, -0.05) is 12.1 Å². The summed E-state index contributed by atoms with van der Waals surface area (Å²) in [4.78, 5) is 25.2. The number of hydrogen-bond donors (Lipinski definition) is 2. The second-order valence-corrected chi connectivity index (χ2v) is 4.29. The Bertz CT molecular complexity index is 481. The molecule has 0 radical (unpaired) electrons. The molecule has 5 nitrogen and oxygen atoms in total. The van der Waals surface area contributed by atoms with Gasteiger partial charge in [0.05, 0.1) is 17.0 Å². The van der Waals surface area contributed by atoms with E-state index in [-0.39, 0.29) is 30.1 Å². The number of rotatable bonds is 5. The first-order valence-electron chi connectivity index (χ1n) is 5.89. The minimum absolute atomic E-state index is 0. The van der Waals surface area contributed by atoms with Crippen molar-refractivity contribution in [2.75, 3.05) is 6.54 Å². The molecule has 0 unspecified atom stereocenters. The molecule has 6 heteroatoms. The van der Waals surface area contributed by atoms with E-state index in [2.05, 4.69) is 0 Å². The van der Waals surface area contributed by atoms with Gasteiger partial charge in [0.1, 0.15) is 0 Å². The maximum Gasteiger partial charge on any atom is 0.261 e. The van der Waals surface area contributed by atoms with Gasteiger partial charge in [-0.15, -0.1) is 12.4 Å². The third kappa shape index (κ3) is 3.12. The molecule has 102 valence electrons. The third-order valence-corrected chi connectivity index (χ3v) is 2.96. The topological polar surface area (TPSA) is 87.2 Å². The Morgan fingerprint density at radius 2 is 1.63 bits per heavy atom. The van der Waals surface area contributed by atoms with E-state index < -0.39 is 0 Å². The van der Waals surface area contributed by atoms with Crippen molar-refractivity contribution in [3.8, 4) is 0 Å². The second kappa shape index (κ2) is 6.33. The molecule has 0 spiro atoms. The normalized spacial score (nSPS) is 13.2. The maximum atomic E-state index is 12.0. The van der Waals surface area contributed by atoms with Gasteiger partial charge in [0.2, 0.25) is 0 Å². The van der Waals surface area contributed by atoms with Crippen molar-refractivity contribution in [3.63, 3.8) is 0 Å². The highest BCUT2D eigenvalue weighted by molar-refractivity contribution is 6.21. The van der Waals surface area contributed by atoms with E-state index >= 15 is 0 Å². The first-order chi connectivity index (χ1) is 8.61. The first kappa shape index (κ1) is 15.2. The van der Waals surface area contributed by atoms with Crippen LogP contribution in [0.4, 0.5) is 0 Å². The highest BCUT2D eigenvalue weighted by Gasteiger charge is 2.34. The molecule has 1 aliphatic heterocycles. The number of nitrogens with one attached hydrogen (secondary N) is 1. The highest BCUT2D eigenvalue weighted by atomic mass is 35.5. The number of carbonyl (C=O) groups is 2. The summed E-state index contributed by atoms with van der Waals surface area (Å²) in [5.74, 6) is -0.311. The summed E-state index contributed by atoms with van der Waals surface area (Å²) in [7, 11) is 0. The van der Waals surface area contributed by atoms with Crippen molar-refractivity contribution in [1.82, 2.24) is 4.90 Å². The molecule has 0 saturated carbocycles. The molecule has 0 aromatic heterocycles. The average Bonchev–Trinajstić information content (AvgIpc) is 2.59. The zero-order valence-corrected chi connectivity index (χ0v) is 11.2. The van der Waals surface area contributed by atoms with Gasteiger partial charge in [0.25, 0.3) is 11.8 Å². The Hall–Kier alpha value is -1.88. The predicted molar refractivity (Wildman–Crippen MR) is 74.8 cm³/mol. The van der Waals surface area contributed by atoms with Crippen molar-refractivity contribution in [2.24, 2.45) is 5.73 Å². The largest absolute Gasteiger partial charge is 0.388 e. The standard InChI is InChI=1S/C13H15N3O2.ClH/c14-11(15)7-3-4-8-16-12(17)9-5-1-2-6-10(9)13(16)18;/h1-2,5-6H,3-4,7-8H2,(H3,14,15);1H. The Balaban J connectivity index is 0.00000180. The molecule has 2 rings (SSSR count). The number of imide groups is 1. The maximum absolute atomic E-state index is 12.0. The number of amidine groups is 1. The van der Waals surface area contributed by atoms with Crippen molar-refractivity contribution in [3.05, 3.63) is 35.4 Å². The van der Waals surface area contributed by atoms with Crippen LogP contribution in [0.1, 0.15) is 40.0 Å². The number of nitrogens with two attached hydrogens (primary N) is 1. The van der Waals surface area contributed by atoms with Crippen molar-refractivity contribution >= 4 is 30.1 Å². The van der Waals surface area contributed by atoms with E-state index in [9.17, 15) is 9.59 Å². The molecular weight excluding hydrogens is 266 g/mol. The molecule has 0 fully saturated rings. The minimum atomic E-state index is -0.224. The molecule has 2 amide bonds. The molecule has 19 heavy (non-hydrogen) atoms. The van der Waals surface area contributed by atoms with Crippen molar-refractivity contribution in [1.29, 1.82) is 5.41 Å². The number of fused-ring (bicyclic) bond motifs is 1. The van der Waals surface area contributed by atoms with E-state index in [0.29, 0.717) is 36.9 Å². The molecule has 0 bridgehead atoms. The molecular formula is C13H16ClN3O2. The zero-order chi connectivity index (χ0) is 13.1. The number of benzene rings is 1. The average molecular weight is 282 g/mol. The number of halogens is 1.